The molecule has 0 radical (unpaired) electrons. The molecule has 2 aromatic rings. The van der Waals surface area contributed by atoms with Crippen LogP contribution >= 0.6 is 0 Å². The van der Waals surface area contributed by atoms with Crippen LogP contribution in [0.3, 0.4) is 0 Å². The van der Waals surface area contributed by atoms with Gasteiger partial charge in [-0.25, -0.2) is 8.42 Å². The molecular formula is C28H38O5S2. The van der Waals surface area contributed by atoms with Crippen LogP contribution in [0.4, 0.5) is 0 Å². The fraction of sp³-hybridized carbons (Fsp3) is 0.607. The predicted octanol–water partition coefficient (Wildman–Crippen LogP) is 5.72. The normalized spacial score (nSPS) is 25.6. The minimum absolute atomic E-state index is 0.0248. The summed E-state index contributed by atoms with van der Waals surface area (Å²) in [4.78, 5) is 13.4. The maximum atomic E-state index is 11.8. The maximum absolute atomic E-state index is 11.8. The lowest BCUT2D eigenvalue weighted by Crippen LogP contribution is -2.42. The summed E-state index contributed by atoms with van der Waals surface area (Å²) in [5.74, 6) is 3.51. The van der Waals surface area contributed by atoms with E-state index in [1.807, 2.05) is 13.8 Å². The molecule has 2 saturated carbocycles. The molecule has 0 aromatic heterocycles. The molecule has 0 N–H and O–H groups in total. The van der Waals surface area contributed by atoms with Crippen molar-refractivity contribution in [3.05, 3.63) is 36.4 Å². The van der Waals surface area contributed by atoms with Crippen molar-refractivity contribution in [3.8, 4) is 5.75 Å². The molecule has 35 heavy (non-hydrogen) atoms. The van der Waals surface area contributed by atoms with Gasteiger partial charge in [-0.2, -0.15) is 0 Å². The van der Waals surface area contributed by atoms with Crippen molar-refractivity contribution < 1.29 is 22.5 Å². The van der Waals surface area contributed by atoms with Crippen LogP contribution in [0.25, 0.3) is 10.8 Å². The molecule has 1 heterocycles. The predicted molar refractivity (Wildman–Crippen MR) is 142 cm³/mol. The first-order chi connectivity index (χ1) is 16.6. The number of carbonyl (C=O) groups is 1. The van der Waals surface area contributed by atoms with Crippen LogP contribution < -0.4 is 4.74 Å². The summed E-state index contributed by atoms with van der Waals surface area (Å²) in [6.45, 7) is 6.85. The summed E-state index contributed by atoms with van der Waals surface area (Å²) in [7, 11) is -3.82. The average Bonchev–Trinajstić information content (AvgIpc) is 3.46. The lowest BCUT2D eigenvalue weighted by Gasteiger charge is -2.37. The second-order valence-corrected chi connectivity index (χ2v) is 14.5. The summed E-state index contributed by atoms with van der Waals surface area (Å²) in [6, 6.07) is 13.5. The number of benzene rings is 2. The Bertz CT molecular complexity index is 1170. The molecular weight excluding hydrogens is 480 g/mol. The summed E-state index contributed by atoms with van der Waals surface area (Å²) in [6.07, 6.45) is 7.00. The highest BCUT2D eigenvalue weighted by atomic mass is 32.2. The van der Waals surface area contributed by atoms with E-state index in [9.17, 15) is 17.8 Å². The van der Waals surface area contributed by atoms with Crippen molar-refractivity contribution in [2.45, 2.75) is 70.6 Å². The van der Waals surface area contributed by atoms with Crippen molar-refractivity contribution in [1.29, 1.82) is 0 Å². The van der Waals surface area contributed by atoms with Crippen molar-refractivity contribution in [1.82, 2.24) is 0 Å². The summed E-state index contributed by atoms with van der Waals surface area (Å²) in [5.41, 5.74) is -1.22. The molecule has 5 rings (SSSR count). The molecule has 0 amide bonds. The van der Waals surface area contributed by atoms with E-state index in [-0.39, 0.29) is 17.1 Å². The Morgan fingerprint density at radius 2 is 1.77 bits per heavy atom. The average molecular weight is 519 g/mol. The van der Waals surface area contributed by atoms with E-state index in [0.29, 0.717) is 23.7 Å². The minimum atomic E-state index is -4.33. The van der Waals surface area contributed by atoms with Gasteiger partial charge in [-0.3, -0.25) is 4.79 Å². The molecule has 3 aliphatic rings. The van der Waals surface area contributed by atoms with Crippen molar-refractivity contribution in [2.24, 2.45) is 16.7 Å². The second kappa shape index (κ2) is 10.4. The molecule has 3 fully saturated rings. The third kappa shape index (κ3) is 5.57. The van der Waals surface area contributed by atoms with Gasteiger partial charge in [0.2, 0.25) is 0 Å². The molecule has 2 bridgehead atoms. The molecule has 192 valence electrons. The molecule has 5 nitrogen and oxygen atoms in total. The number of carbonyl (C=O) groups excluding carboxylic acids is 1. The Kier molecular flexibility index (Phi) is 7.89. The molecule has 2 atom stereocenters. The number of rotatable bonds is 7. The van der Waals surface area contributed by atoms with Crippen LogP contribution in [0.1, 0.15) is 65.7 Å². The van der Waals surface area contributed by atoms with E-state index in [4.69, 9.17) is 4.74 Å². The molecule has 0 spiro atoms. The fourth-order valence-corrected chi connectivity index (χ4v) is 9.72. The van der Waals surface area contributed by atoms with Gasteiger partial charge in [0.05, 0.1) is 22.5 Å². The zero-order valence-electron chi connectivity index (χ0n) is 21.2. The number of unbranched alkanes of at least 4 members (excludes halogenated alkanes) is 1. The van der Waals surface area contributed by atoms with E-state index in [0.717, 1.165) is 25.2 Å². The highest BCUT2D eigenvalue weighted by Crippen LogP contribution is 2.64. The number of ether oxygens (including phenoxy) is 1. The molecule has 2 aliphatic carbocycles. The van der Waals surface area contributed by atoms with Gasteiger partial charge in [-0.15, -0.1) is 0 Å². The van der Waals surface area contributed by atoms with Gasteiger partial charge in [-0.1, -0.05) is 33.3 Å². The summed E-state index contributed by atoms with van der Waals surface area (Å²) < 4.78 is 38.5. The van der Waals surface area contributed by atoms with Crippen LogP contribution in [0.15, 0.2) is 41.3 Å². The van der Waals surface area contributed by atoms with Gasteiger partial charge in [0, 0.05) is 28.8 Å². The van der Waals surface area contributed by atoms with Crippen molar-refractivity contribution in [3.63, 3.8) is 0 Å². The van der Waals surface area contributed by atoms with E-state index in [2.05, 4.69) is 43.3 Å². The highest BCUT2D eigenvalue weighted by molar-refractivity contribution is 7.97. The Morgan fingerprint density at radius 3 is 2.37 bits per heavy atom. The molecule has 7 heteroatoms. The van der Waals surface area contributed by atoms with Gasteiger partial charge in [0.15, 0.2) is 4.90 Å². The van der Waals surface area contributed by atoms with Crippen molar-refractivity contribution >= 4 is 37.6 Å². The number of hydrogen-bond donors (Lipinski definition) is 0. The van der Waals surface area contributed by atoms with Crippen LogP contribution in [0, 0.1) is 16.7 Å². The first-order valence-electron chi connectivity index (χ1n) is 12.9. The lowest BCUT2D eigenvalue weighted by atomic mass is 9.70. The molecule has 1 saturated heterocycles. The van der Waals surface area contributed by atoms with Gasteiger partial charge in [-0.05, 0) is 78.5 Å². The summed E-state index contributed by atoms with van der Waals surface area (Å²) >= 11 is 0. The van der Waals surface area contributed by atoms with Crippen LogP contribution in [0.2, 0.25) is 0 Å². The van der Waals surface area contributed by atoms with Gasteiger partial charge < -0.3 is 9.29 Å². The topological polar surface area (TPSA) is 83.5 Å². The monoisotopic (exact) mass is 518 g/mol. The standard InChI is InChI=1S/C18H23OS.C10H16O4S/c1-2-3-10-19-17-8-6-16-14-18(9-7-15(16)13-17)20-11-4-5-12-20;1-9(2)7-3-4-10(9,8(11)5-7)6-15(12,13)14/h6-9,13-14H,2-5,10-12H2,1H3;7H,3-6H2,1-2H3,(H,12,13,14)/q+1;/p-1. The van der Waals surface area contributed by atoms with Crippen LogP contribution in [-0.4, -0.2) is 42.6 Å². The van der Waals surface area contributed by atoms with E-state index in [1.165, 1.54) is 41.5 Å². The molecule has 2 aromatic carbocycles. The Hall–Kier alpha value is -1.57. The fourth-order valence-electron chi connectivity index (χ4n) is 6.11. The maximum Gasteiger partial charge on any atom is 0.155 e. The zero-order valence-corrected chi connectivity index (χ0v) is 22.8. The lowest BCUT2D eigenvalue weighted by molar-refractivity contribution is -0.128. The zero-order chi connectivity index (χ0) is 25.3. The third-order valence-electron chi connectivity index (χ3n) is 8.48. The van der Waals surface area contributed by atoms with E-state index >= 15 is 0 Å². The number of hydrogen-bond acceptors (Lipinski definition) is 5. The quantitative estimate of drug-likeness (QED) is 0.266. The smallest absolute Gasteiger partial charge is 0.155 e. The van der Waals surface area contributed by atoms with Crippen LogP contribution in [0.5, 0.6) is 5.75 Å². The molecule has 1 aliphatic heterocycles. The first kappa shape index (κ1) is 26.5. The minimum Gasteiger partial charge on any atom is -0.748 e. The summed E-state index contributed by atoms with van der Waals surface area (Å²) in [5, 5.41) is 2.65. The van der Waals surface area contributed by atoms with E-state index in [1.54, 1.807) is 4.90 Å². The number of Topliss-reactive ketones (excluding diaryl/α,β-unsaturated/α-hetero) is 1. The van der Waals surface area contributed by atoms with Gasteiger partial charge in [0.1, 0.15) is 23.0 Å². The Labute approximate surface area is 213 Å². The SMILES string of the molecule is CC1(C)C2CCC1(CS(=O)(=O)[O-])C(=O)C2.CCCCOc1ccc2cc([S+]3CCCC3)ccc2c1. The second-order valence-electron chi connectivity index (χ2n) is 10.8. The Balaban J connectivity index is 0.000000172. The van der Waals surface area contributed by atoms with Gasteiger partial charge in [0.25, 0.3) is 0 Å². The van der Waals surface area contributed by atoms with Crippen molar-refractivity contribution in [2.75, 3.05) is 23.9 Å². The van der Waals surface area contributed by atoms with Gasteiger partial charge >= 0.3 is 0 Å². The van der Waals surface area contributed by atoms with Crippen LogP contribution in [-0.2, 0) is 25.8 Å². The molecule has 2 unspecified atom stereocenters. The largest absolute Gasteiger partial charge is 0.748 e. The third-order valence-corrected chi connectivity index (χ3v) is 11.8. The first-order valence-corrected chi connectivity index (χ1v) is 16.0. The Morgan fingerprint density at radius 1 is 1.09 bits per heavy atom. The highest BCUT2D eigenvalue weighted by Gasteiger charge is 2.64. The number of fused-ring (bicyclic) bond motifs is 3. The van der Waals surface area contributed by atoms with E-state index < -0.39 is 21.3 Å². The number of ketones is 1.